The molecular formula is C14H19N3S. The van der Waals surface area contributed by atoms with Crippen molar-refractivity contribution in [3.8, 4) is 10.6 Å². The fourth-order valence-corrected chi connectivity index (χ4v) is 2.49. The molecule has 1 N–H and O–H groups in total. The van der Waals surface area contributed by atoms with Crippen LogP contribution in [0, 0.1) is 0 Å². The van der Waals surface area contributed by atoms with Crippen LogP contribution >= 0.6 is 11.3 Å². The summed E-state index contributed by atoms with van der Waals surface area (Å²) in [7, 11) is 0. The van der Waals surface area contributed by atoms with Crippen molar-refractivity contribution in [2.75, 3.05) is 11.9 Å². The number of anilines is 1. The number of nitrogens with zero attached hydrogens (tertiary/aromatic N) is 2. The minimum atomic E-state index is 0.189. The molecule has 0 fully saturated rings. The molecule has 0 saturated carbocycles. The first-order chi connectivity index (χ1) is 8.50. The molecule has 1 aromatic heterocycles. The largest absolute Gasteiger partial charge is 0.360 e. The molecule has 96 valence electrons. The lowest BCUT2D eigenvalue weighted by molar-refractivity contribution is 0.590. The second-order valence-corrected chi connectivity index (χ2v) is 6.25. The normalized spacial score (nSPS) is 11.6. The van der Waals surface area contributed by atoms with E-state index in [0.717, 1.165) is 22.2 Å². The molecule has 0 spiro atoms. The summed E-state index contributed by atoms with van der Waals surface area (Å²) in [5.74, 6) is 0. The Balaban J connectivity index is 2.23. The molecule has 0 aliphatic heterocycles. The highest BCUT2D eigenvalue weighted by Gasteiger charge is 2.13. The van der Waals surface area contributed by atoms with E-state index < -0.39 is 0 Å². The van der Waals surface area contributed by atoms with Crippen molar-refractivity contribution in [1.29, 1.82) is 0 Å². The smallest absolute Gasteiger partial charge is 0.205 e. The molecule has 0 radical (unpaired) electrons. The van der Waals surface area contributed by atoms with Gasteiger partial charge < -0.3 is 5.32 Å². The van der Waals surface area contributed by atoms with Gasteiger partial charge in [-0.2, -0.15) is 0 Å². The number of benzene rings is 1. The van der Waals surface area contributed by atoms with E-state index in [-0.39, 0.29) is 5.41 Å². The first-order valence-corrected chi connectivity index (χ1v) is 7.00. The van der Waals surface area contributed by atoms with E-state index in [1.807, 2.05) is 0 Å². The highest BCUT2D eigenvalue weighted by molar-refractivity contribution is 7.18. The quantitative estimate of drug-likeness (QED) is 0.909. The standard InChI is InChI=1S/C14H19N3S/c1-5-15-13-17-16-12(18-13)10-6-8-11(9-7-10)14(2,3)4/h6-9H,5H2,1-4H3,(H,15,17). The minimum absolute atomic E-state index is 0.189. The van der Waals surface area contributed by atoms with Crippen molar-refractivity contribution < 1.29 is 0 Å². The molecule has 0 unspecified atom stereocenters. The Morgan fingerprint density at radius 1 is 1.11 bits per heavy atom. The molecule has 0 atom stereocenters. The van der Waals surface area contributed by atoms with Crippen LogP contribution in [-0.2, 0) is 5.41 Å². The van der Waals surface area contributed by atoms with Gasteiger partial charge in [-0.3, -0.25) is 0 Å². The maximum atomic E-state index is 4.20. The van der Waals surface area contributed by atoms with Crippen LogP contribution in [0.3, 0.4) is 0 Å². The second-order valence-electron chi connectivity index (χ2n) is 5.27. The van der Waals surface area contributed by atoms with Gasteiger partial charge in [0.2, 0.25) is 5.13 Å². The van der Waals surface area contributed by atoms with Crippen molar-refractivity contribution in [1.82, 2.24) is 10.2 Å². The molecule has 3 nitrogen and oxygen atoms in total. The molecule has 0 bridgehead atoms. The molecule has 0 amide bonds. The summed E-state index contributed by atoms with van der Waals surface area (Å²) in [6.07, 6.45) is 0. The second kappa shape index (κ2) is 5.06. The molecule has 1 heterocycles. The molecule has 0 saturated heterocycles. The van der Waals surface area contributed by atoms with E-state index in [1.165, 1.54) is 5.56 Å². The van der Waals surface area contributed by atoms with Crippen LogP contribution in [0.2, 0.25) is 0 Å². The summed E-state index contributed by atoms with van der Waals surface area (Å²) in [4.78, 5) is 0. The molecule has 2 rings (SSSR count). The number of nitrogens with one attached hydrogen (secondary N) is 1. The zero-order chi connectivity index (χ0) is 13.2. The van der Waals surface area contributed by atoms with Crippen LogP contribution in [0.1, 0.15) is 33.3 Å². The molecule has 18 heavy (non-hydrogen) atoms. The van der Waals surface area contributed by atoms with E-state index in [0.29, 0.717) is 0 Å². The van der Waals surface area contributed by atoms with Gasteiger partial charge in [-0.05, 0) is 17.9 Å². The highest BCUT2D eigenvalue weighted by Crippen LogP contribution is 2.29. The average molecular weight is 261 g/mol. The van der Waals surface area contributed by atoms with Gasteiger partial charge in [0.05, 0.1) is 0 Å². The molecule has 2 aromatic rings. The Hall–Kier alpha value is -1.42. The summed E-state index contributed by atoms with van der Waals surface area (Å²) in [6, 6.07) is 8.58. The van der Waals surface area contributed by atoms with Gasteiger partial charge in [-0.15, -0.1) is 10.2 Å². The predicted molar refractivity (Wildman–Crippen MR) is 78.2 cm³/mol. The van der Waals surface area contributed by atoms with Gasteiger partial charge in [-0.1, -0.05) is 56.4 Å². The van der Waals surface area contributed by atoms with Gasteiger partial charge in [0.1, 0.15) is 5.01 Å². The highest BCUT2D eigenvalue weighted by atomic mass is 32.1. The van der Waals surface area contributed by atoms with Gasteiger partial charge in [0, 0.05) is 12.1 Å². The SMILES string of the molecule is CCNc1nnc(-c2ccc(C(C)(C)C)cc2)s1. The maximum Gasteiger partial charge on any atom is 0.205 e. The summed E-state index contributed by atoms with van der Waals surface area (Å²) >= 11 is 1.59. The van der Waals surface area contributed by atoms with Crippen LogP contribution in [-0.4, -0.2) is 16.7 Å². The van der Waals surface area contributed by atoms with E-state index in [4.69, 9.17) is 0 Å². The number of aromatic nitrogens is 2. The van der Waals surface area contributed by atoms with Crippen molar-refractivity contribution >= 4 is 16.5 Å². The van der Waals surface area contributed by atoms with Crippen molar-refractivity contribution in [3.63, 3.8) is 0 Å². The summed E-state index contributed by atoms with van der Waals surface area (Å²) < 4.78 is 0. The Labute approximate surface area is 112 Å². The third-order valence-electron chi connectivity index (χ3n) is 2.75. The Morgan fingerprint density at radius 2 is 1.78 bits per heavy atom. The third kappa shape index (κ3) is 2.88. The van der Waals surface area contributed by atoms with Gasteiger partial charge in [0.15, 0.2) is 0 Å². The number of rotatable bonds is 3. The zero-order valence-corrected chi connectivity index (χ0v) is 12.1. The predicted octanol–water partition coefficient (Wildman–Crippen LogP) is 3.93. The Morgan fingerprint density at radius 3 is 2.33 bits per heavy atom. The molecule has 1 aromatic carbocycles. The van der Waals surface area contributed by atoms with Crippen LogP contribution < -0.4 is 5.32 Å². The van der Waals surface area contributed by atoms with Crippen LogP contribution in [0.4, 0.5) is 5.13 Å². The zero-order valence-electron chi connectivity index (χ0n) is 11.3. The monoisotopic (exact) mass is 261 g/mol. The number of hydrogen-bond acceptors (Lipinski definition) is 4. The van der Waals surface area contributed by atoms with Gasteiger partial charge >= 0.3 is 0 Å². The van der Waals surface area contributed by atoms with Gasteiger partial charge in [-0.25, -0.2) is 0 Å². The lowest BCUT2D eigenvalue weighted by Crippen LogP contribution is -2.10. The van der Waals surface area contributed by atoms with Crippen LogP contribution in [0.5, 0.6) is 0 Å². The molecular weight excluding hydrogens is 242 g/mol. The van der Waals surface area contributed by atoms with E-state index in [9.17, 15) is 0 Å². The summed E-state index contributed by atoms with van der Waals surface area (Å²) in [5.41, 5.74) is 2.65. The fourth-order valence-electron chi connectivity index (χ4n) is 1.68. The Kier molecular flexibility index (Phi) is 3.66. The van der Waals surface area contributed by atoms with Crippen LogP contribution in [0.25, 0.3) is 10.6 Å². The minimum Gasteiger partial charge on any atom is -0.360 e. The first kappa shape index (κ1) is 13.0. The van der Waals surface area contributed by atoms with Crippen LogP contribution in [0.15, 0.2) is 24.3 Å². The van der Waals surface area contributed by atoms with Crippen molar-refractivity contribution in [2.24, 2.45) is 0 Å². The molecule has 0 aliphatic carbocycles. The Bertz CT molecular complexity index is 509. The van der Waals surface area contributed by atoms with Crippen molar-refractivity contribution in [2.45, 2.75) is 33.1 Å². The molecule has 0 aliphatic rings. The van der Waals surface area contributed by atoms with Gasteiger partial charge in [0.25, 0.3) is 0 Å². The van der Waals surface area contributed by atoms with E-state index >= 15 is 0 Å². The number of hydrogen-bond donors (Lipinski definition) is 1. The van der Waals surface area contributed by atoms with E-state index in [1.54, 1.807) is 11.3 Å². The maximum absolute atomic E-state index is 4.20. The topological polar surface area (TPSA) is 37.8 Å². The lowest BCUT2D eigenvalue weighted by Gasteiger charge is -2.18. The first-order valence-electron chi connectivity index (χ1n) is 6.19. The summed E-state index contributed by atoms with van der Waals surface area (Å²) in [5, 5.41) is 13.3. The fraction of sp³-hybridized carbons (Fsp3) is 0.429. The lowest BCUT2D eigenvalue weighted by atomic mass is 9.87. The van der Waals surface area contributed by atoms with E-state index in [2.05, 4.69) is 67.5 Å². The van der Waals surface area contributed by atoms with Crippen molar-refractivity contribution in [3.05, 3.63) is 29.8 Å². The third-order valence-corrected chi connectivity index (χ3v) is 3.68. The summed E-state index contributed by atoms with van der Waals surface area (Å²) in [6.45, 7) is 9.58. The molecule has 4 heteroatoms. The average Bonchev–Trinajstić information content (AvgIpc) is 2.77.